The molecule has 0 spiro atoms. The molecular weight excluding hydrogens is 110 g/mol. The van der Waals surface area contributed by atoms with Gasteiger partial charge in [0.15, 0.2) is 0 Å². The van der Waals surface area contributed by atoms with E-state index in [1.165, 1.54) is 4.79 Å². The summed E-state index contributed by atoms with van der Waals surface area (Å²) in [6, 6.07) is 0. The molecule has 0 aliphatic heterocycles. The number of thiol groups is 1. The first-order valence-electron chi connectivity index (χ1n) is 1.78. The van der Waals surface area contributed by atoms with Crippen LogP contribution < -0.4 is 5.84 Å². The second-order valence-electron chi connectivity index (χ2n) is 1.18. The smallest absolute Gasteiger partial charge is 0.0644 e. The average molecular weight is 115 g/mol. The molecule has 4 heteroatoms. The predicted octanol–water partition coefficient (Wildman–Crippen LogP) is -0.114. The third-order valence-corrected chi connectivity index (χ3v) is 0.819. The van der Waals surface area contributed by atoms with Gasteiger partial charge in [-0.05, 0) is 0 Å². The maximum absolute atomic E-state index is 5.14. The molecule has 2 N–H and O–H groups in total. The van der Waals surface area contributed by atoms with Crippen LogP contribution in [0.3, 0.4) is 0 Å². The summed E-state index contributed by atoms with van der Waals surface area (Å²) >= 11 is 3.94. The highest BCUT2D eigenvalue weighted by Crippen LogP contribution is 1.97. The van der Waals surface area contributed by atoms with Crippen molar-refractivity contribution in [3.8, 4) is 0 Å². The van der Waals surface area contributed by atoms with Gasteiger partial charge in [0.1, 0.15) is 0 Å². The average Bonchev–Trinajstić information content (AvgIpc) is 1.87. The van der Waals surface area contributed by atoms with Gasteiger partial charge in [-0.3, -0.25) is 0 Å². The highest BCUT2D eigenvalue weighted by atomic mass is 32.1. The molecule has 1 heterocycles. The van der Waals surface area contributed by atoms with Crippen molar-refractivity contribution < 1.29 is 0 Å². The third-order valence-electron chi connectivity index (χ3n) is 0.588. The summed E-state index contributed by atoms with van der Waals surface area (Å²) in [4.78, 5) is 1.99. The van der Waals surface area contributed by atoms with E-state index in [1.54, 1.807) is 12.4 Å². The van der Waals surface area contributed by atoms with Crippen molar-refractivity contribution >= 4 is 12.6 Å². The van der Waals surface area contributed by atoms with E-state index in [2.05, 4.69) is 17.7 Å². The Hall–Kier alpha value is -0.640. The molecule has 0 radical (unpaired) electrons. The molecule has 0 aliphatic rings. The molecule has 1 aromatic rings. The van der Waals surface area contributed by atoms with E-state index in [0.717, 1.165) is 4.90 Å². The third kappa shape index (κ3) is 0.866. The molecule has 0 aliphatic carbocycles. The van der Waals surface area contributed by atoms with E-state index in [1.807, 2.05) is 0 Å². The topological polar surface area (TPSA) is 43.8 Å². The number of rotatable bonds is 0. The van der Waals surface area contributed by atoms with Gasteiger partial charge in [0.05, 0.1) is 12.4 Å². The summed E-state index contributed by atoms with van der Waals surface area (Å²) in [6.07, 6.45) is 3.19. The highest BCUT2D eigenvalue weighted by molar-refractivity contribution is 7.80. The van der Waals surface area contributed by atoms with Gasteiger partial charge in [0.2, 0.25) is 0 Å². The zero-order valence-electron chi connectivity index (χ0n) is 3.57. The van der Waals surface area contributed by atoms with E-state index >= 15 is 0 Å². The largest absolute Gasteiger partial charge is 0.323 e. The van der Waals surface area contributed by atoms with Crippen molar-refractivity contribution in [2.45, 2.75) is 4.90 Å². The maximum Gasteiger partial charge on any atom is 0.0644 e. The first-order valence-corrected chi connectivity index (χ1v) is 2.22. The number of nitrogens with zero attached hydrogens (tertiary/aromatic N) is 2. The fraction of sp³-hybridized carbons (Fsp3) is 0. The Kier molecular flexibility index (Phi) is 0.941. The lowest BCUT2D eigenvalue weighted by atomic mass is 10.7. The Morgan fingerprint density at radius 2 is 2.57 bits per heavy atom. The summed E-state index contributed by atoms with van der Waals surface area (Å²) < 4.78 is 0. The lowest BCUT2D eigenvalue weighted by molar-refractivity contribution is 0.831. The predicted molar refractivity (Wildman–Crippen MR) is 29.6 cm³/mol. The van der Waals surface area contributed by atoms with Crippen LogP contribution in [-0.2, 0) is 0 Å². The van der Waals surface area contributed by atoms with Gasteiger partial charge < -0.3 is 5.84 Å². The van der Waals surface area contributed by atoms with Crippen LogP contribution in [0, 0.1) is 0 Å². The molecule has 0 atom stereocenters. The van der Waals surface area contributed by atoms with Gasteiger partial charge in [-0.1, -0.05) is 0 Å². The summed E-state index contributed by atoms with van der Waals surface area (Å²) in [5.41, 5.74) is 0. The minimum absolute atomic E-state index is 0.780. The summed E-state index contributed by atoms with van der Waals surface area (Å²) in [6.45, 7) is 0. The lowest BCUT2D eigenvalue weighted by Gasteiger charge is -1.79. The van der Waals surface area contributed by atoms with Crippen LogP contribution in [0.25, 0.3) is 0 Å². The van der Waals surface area contributed by atoms with Gasteiger partial charge in [-0.2, -0.15) is 9.89 Å². The fourth-order valence-electron chi connectivity index (χ4n) is 0.328. The van der Waals surface area contributed by atoms with Crippen LogP contribution in [0.5, 0.6) is 0 Å². The Balaban J connectivity index is 3.04. The molecule has 0 aromatic carbocycles. The van der Waals surface area contributed by atoms with Gasteiger partial charge in [0.25, 0.3) is 0 Å². The second-order valence-corrected chi connectivity index (χ2v) is 1.69. The standard InChI is InChI=1S/C3H5N3S/c4-6-2-3(7)1-5-6/h1-2,7H,4H2. The van der Waals surface area contributed by atoms with Crippen molar-refractivity contribution in [3.63, 3.8) is 0 Å². The van der Waals surface area contributed by atoms with Crippen molar-refractivity contribution in [1.82, 2.24) is 9.89 Å². The SMILES string of the molecule is Nn1cc(S)cn1. The van der Waals surface area contributed by atoms with Crippen molar-refractivity contribution in [2.24, 2.45) is 0 Å². The molecule has 0 unspecified atom stereocenters. The van der Waals surface area contributed by atoms with Crippen LogP contribution in [-0.4, -0.2) is 9.89 Å². The van der Waals surface area contributed by atoms with E-state index in [0.29, 0.717) is 0 Å². The zero-order chi connectivity index (χ0) is 5.28. The van der Waals surface area contributed by atoms with Crippen molar-refractivity contribution in [3.05, 3.63) is 12.4 Å². The molecule has 0 saturated heterocycles. The molecule has 0 saturated carbocycles. The number of nitrogen functional groups attached to an aromatic ring is 1. The lowest BCUT2D eigenvalue weighted by Crippen LogP contribution is -2.06. The van der Waals surface area contributed by atoms with Crippen LogP contribution in [0.2, 0.25) is 0 Å². The Bertz CT molecular complexity index is 142. The Labute approximate surface area is 46.5 Å². The molecule has 0 fully saturated rings. The van der Waals surface area contributed by atoms with E-state index in [4.69, 9.17) is 5.84 Å². The van der Waals surface area contributed by atoms with Gasteiger partial charge in [-0.25, -0.2) is 0 Å². The maximum atomic E-state index is 5.14. The van der Waals surface area contributed by atoms with Crippen molar-refractivity contribution in [2.75, 3.05) is 5.84 Å². The minimum atomic E-state index is 0.780. The Morgan fingerprint density at radius 3 is 2.71 bits per heavy atom. The van der Waals surface area contributed by atoms with E-state index in [-0.39, 0.29) is 0 Å². The monoisotopic (exact) mass is 115 g/mol. The molecule has 0 amide bonds. The molecular formula is C3H5N3S. The number of hydrogen-bond acceptors (Lipinski definition) is 3. The quantitative estimate of drug-likeness (QED) is 0.366. The number of aromatic nitrogens is 2. The van der Waals surface area contributed by atoms with Crippen LogP contribution in [0.4, 0.5) is 0 Å². The fourth-order valence-corrected chi connectivity index (χ4v) is 0.498. The zero-order valence-corrected chi connectivity index (χ0v) is 4.47. The second kappa shape index (κ2) is 1.46. The van der Waals surface area contributed by atoms with Crippen LogP contribution in [0.1, 0.15) is 0 Å². The van der Waals surface area contributed by atoms with Gasteiger partial charge >= 0.3 is 0 Å². The normalized spacial score (nSPS) is 9.29. The molecule has 7 heavy (non-hydrogen) atoms. The van der Waals surface area contributed by atoms with Gasteiger partial charge in [-0.15, -0.1) is 12.6 Å². The molecule has 38 valence electrons. The van der Waals surface area contributed by atoms with Gasteiger partial charge in [0, 0.05) is 4.90 Å². The van der Waals surface area contributed by atoms with Crippen molar-refractivity contribution in [1.29, 1.82) is 0 Å². The molecule has 1 aromatic heterocycles. The van der Waals surface area contributed by atoms with Crippen LogP contribution >= 0.6 is 12.6 Å². The number of nitrogens with two attached hydrogens (primary N) is 1. The summed E-state index contributed by atoms with van der Waals surface area (Å²) in [7, 11) is 0. The Morgan fingerprint density at radius 1 is 1.86 bits per heavy atom. The van der Waals surface area contributed by atoms with Crippen LogP contribution in [0.15, 0.2) is 17.3 Å². The highest BCUT2D eigenvalue weighted by Gasteiger charge is 1.83. The van der Waals surface area contributed by atoms with E-state index < -0.39 is 0 Å². The summed E-state index contributed by atoms with van der Waals surface area (Å²) in [5, 5.41) is 3.63. The minimum Gasteiger partial charge on any atom is -0.323 e. The summed E-state index contributed by atoms with van der Waals surface area (Å²) in [5.74, 6) is 5.14. The first kappa shape index (κ1) is 4.52. The molecule has 3 nitrogen and oxygen atoms in total. The van der Waals surface area contributed by atoms with E-state index in [9.17, 15) is 0 Å². The number of hydrogen-bond donors (Lipinski definition) is 2. The first-order chi connectivity index (χ1) is 3.29. The molecule has 1 rings (SSSR count). The molecule has 0 bridgehead atoms.